The van der Waals surface area contributed by atoms with Crippen LogP contribution in [0.4, 0.5) is 0 Å². The number of hydrogen-bond donors (Lipinski definition) is 2. The molecule has 2 aliphatic rings. The molecule has 0 bridgehead atoms. The standard InChI is InChI=1S/C14H20N2/c1-2-5-12(6-3-1)13-7-10-15-11-14(13)8-4-9-16-14/h1-3,5-6,13,15-16H,4,7-11H2. The molecule has 0 aliphatic carbocycles. The molecule has 2 nitrogen and oxygen atoms in total. The first-order valence-corrected chi connectivity index (χ1v) is 6.41. The average Bonchev–Trinajstić information content (AvgIpc) is 2.80. The summed E-state index contributed by atoms with van der Waals surface area (Å²) in [6.45, 7) is 3.47. The Bertz CT molecular complexity index is 341. The van der Waals surface area contributed by atoms with E-state index < -0.39 is 0 Å². The number of piperidine rings is 1. The van der Waals surface area contributed by atoms with Gasteiger partial charge in [-0.3, -0.25) is 0 Å². The molecule has 3 rings (SSSR count). The first-order chi connectivity index (χ1) is 7.91. The summed E-state index contributed by atoms with van der Waals surface area (Å²) in [4.78, 5) is 0. The minimum absolute atomic E-state index is 0.333. The van der Waals surface area contributed by atoms with Crippen LogP contribution in [0.5, 0.6) is 0 Å². The number of nitrogens with one attached hydrogen (secondary N) is 2. The van der Waals surface area contributed by atoms with Crippen LogP contribution < -0.4 is 10.6 Å². The summed E-state index contributed by atoms with van der Waals surface area (Å²) in [7, 11) is 0. The van der Waals surface area contributed by atoms with Crippen molar-refractivity contribution < 1.29 is 0 Å². The number of benzene rings is 1. The van der Waals surface area contributed by atoms with Gasteiger partial charge in [-0.2, -0.15) is 0 Å². The van der Waals surface area contributed by atoms with Gasteiger partial charge in [-0.05, 0) is 37.9 Å². The van der Waals surface area contributed by atoms with Gasteiger partial charge in [0, 0.05) is 18.0 Å². The summed E-state index contributed by atoms with van der Waals surface area (Å²) in [5.41, 5.74) is 1.85. The van der Waals surface area contributed by atoms with Gasteiger partial charge >= 0.3 is 0 Å². The highest BCUT2D eigenvalue weighted by Crippen LogP contribution is 2.38. The van der Waals surface area contributed by atoms with Crippen LogP contribution in [0.3, 0.4) is 0 Å². The lowest BCUT2D eigenvalue weighted by atomic mass is 9.74. The number of hydrogen-bond acceptors (Lipinski definition) is 2. The largest absolute Gasteiger partial charge is 0.315 e. The van der Waals surface area contributed by atoms with Crippen LogP contribution in [0, 0.1) is 0 Å². The third-order valence-electron chi connectivity index (χ3n) is 4.20. The lowest BCUT2D eigenvalue weighted by Crippen LogP contribution is -2.56. The molecule has 0 amide bonds. The van der Waals surface area contributed by atoms with Crippen LogP contribution in [0.2, 0.25) is 0 Å². The first kappa shape index (κ1) is 10.3. The van der Waals surface area contributed by atoms with Crippen molar-refractivity contribution in [3.05, 3.63) is 35.9 Å². The fourth-order valence-electron chi connectivity index (χ4n) is 3.41. The van der Waals surface area contributed by atoms with Crippen LogP contribution in [-0.2, 0) is 0 Å². The zero-order valence-electron chi connectivity index (χ0n) is 9.71. The third kappa shape index (κ3) is 1.66. The van der Waals surface area contributed by atoms with Crippen LogP contribution in [0.25, 0.3) is 0 Å². The molecular formula is C14H20N2. The van der Waals surface area contributed by atoms with E-state index in [0.717, 1.165) is 13.1 Å². The van der Waals surface area contributed by atoms with E-state index in [4.69, 9.17) is 0 Å². The predicted molar refractivity (Wildman–Crippen MR) is 66.6 cm³/mol. The van der Waals surface area contributed by atoms with Crippen molar-refractivity contribution in [1.82, 2.24) is 10.6 Å². The summed E-state index contributed by atoms with van der Waals surface area (Å²) in [5, 5.41) is 7.31. The van der Waals surface area contributed by atoms with Crippen molar-refractivity contribution in [2.24, 2.45) is 0 Å². The van der Waals surface area contributed by atoms with E-state index in [2.05, 4.69) is 41.0 Å². The predicted octanol–water partition coefficient (Wildman–Crippen LogP) is 1.89. The quantitative estimate of drug-likeness (QED) is 0.749. The van der Waals surface area contributed by atoms with Gasteiger partial charge in [0.15, 0.2) is 0 Å². The summed E-state index contributed by atoms with van der Waals surface area (Å²) in [5.74, 6) is 0.692. The molecule has 2 unspecified atom stereocenters. The Hall–Kier alpha value is -0.860. The molecule has 1 aromatic carbocycles. The van der Waals surface area contributed by atoms with Crippen LogP contribution in [0.15, 0.2) is 30.3 Å². The van der Waals surface area contributed by atoms with Gasteiger partial charge in [0.2, 0.25) is 0 Å². The van der Waals surface area contributed by atoms with E-state index in [1.165, 1.54) is 31.4 Å². The Balaban J connectivity index is 1.91. The van der Waals surface area contributed by atoms with Crippen molar-refractivity contribution in [2.45, 2.75) is 30.7 Å². The molecule has 2 fully saturated rings. The fraction of sp³-hybridized carbons (Fsp3) is 0.571. The molecule has 1 aromatic rings. The maximum atomic E-state index is 3.76. The van der Waals surface area contributed by atoms with Gasteiger partial charge in [0.1, 0.15) is 0 Å². The number of rotatable bonds is 1. The van der Waals surface area contributed by atoms with Crippen molar-refractivity contribution in [3.8, 4) is 0 Å². The van der Waals surface area contributed by atoms with E-state index >= 15 is 0 Å². The van der Waals surface area contributed by atoms with E-state index in [1.54, 1.807) is 0 Å². The van der Waals surface area contributed by atoms with Crippen molar-refractivity contribution >= 4 is 0 Å². The minimum atomic E-state index is 0.333. The van der Waals surface area contributed by atoms with Gasteiger partial charge < -0.3 is 10.6 Å². The van der Waals surface area contributed by atoms with Crippen LogP contribution in [-0.4, -0.2) is 25.2 Å². The molecule has 1 spiro atoms. The van der Waals surface area contributed by atoms with Gasteiger partial charge in [-0.1, -0.05) is 30.3 Å². The highest BCUT2D eigenvalue weighted by atomic mass is 15.1. The zero-order valence-corrected chi connectivity index (χ0v) is 9.71. The average molecular weight is 216 g/mol. The van der Waals surface area contributed by atoms with E-state index in [1.807, 2.05) is 0 Å². The lowest BCUT2D eigenvalue weighted by Gasteiger charge is -2.42. The van der Waals surface area contributed by atoms with Crippen molar-refractivity contribution in [1.29, 1.82) is 0 Å². The highest BCUT2D eigenvalue weighted by molar-refractivity contribution is 5.26. The smallest absolute Gasteiger partial charge is 0.0376 e. The Labute approximate surface area is 97.4 Å². The van der Waals surface area contributed by atoms with Gasteiger partial charge in [0.05, 0.1) is 0 Å². The van der Waals surface area contributed by atoms with Crippen LogP contribution >= 0.6 is 0 Å². The lowest BCUT2D eigenvalue weighted by molar-refractivity contribution is 0.239. The van der Waals surface area contributed by atoms with E-state index in [-0.39, 0.29) is 0 Å². The third-order valence-corrected chi connectivity index (χ3v) is 4.20. The molecule has 2 N–H and O–H groups in total. The maximum Gasteiger partial charge on any atom is 0.0376 e. The second kappa shape index (κ2) is 4.19. The SMILES string of the molecule is c1ccc(C2CCNCC23CCCN3)cc1. The molecule has 16 heavy (non-hydrogen) atoms. The topological polar surface area (TPSA) is 24.1 Å². The summed E-state index contributed by atoms with van der Waals surface area (Å²) in [6.07, 6.45) is 3.90. The Morgan fingerprint density at radius 1 is 1.12 bits per heavy atom. The Kier molecular flexibility index (Phi) is 2.70. The molecule has 2 aliphatic heterocycles. The molecular weight excluding hydrogens is 196 g/mol. The molecule has 0 radical (unpaired) electrons. The van der Waals surface area contributed by atoms with Gasteiger partial charge in [-0.15, -0.1) is 0 Å². The van der Waals surface area contributed by atoms with Crippen molar-refractivity contribution in [3.63, 3.8) is 0 Å². The molecule has 2 saturated heterocycles. The summed E-state index contributed by atoms with van der Waals surface area (Å²) >= 11 is 0. The summed E-state index contributed by atoms with van der Waals surface area (Å²) in [6, 6.07) is 11.0. The molecule has 86 valence electrons. The van der Waals surface area contributed by atoms with Gasteiger partial charge in [0.25, 0.3) is 0 Å². The Morgan fingerprint density at radius 3 is 2.75 bits per heavy atom. The molecule has 2 heteroatoms. The monoisotopic (exact) mass is 216 g/mol. The van der Waals surface area contributed by atoms with E-state index in [9.17, 15) is 0 Å². The summed E-state index contributed by atoms with van der Waals surface area (Å²) < 4.78 is 0. The zero-order chi connectivity index (χ0) is 10.8. The van der Waals surface area contributed by atoms with Gasteiger partial charge in [-0.25, -0.2) is 0 Å². The second-order valence-electron chi connectivity index (χ2n) is 5.12. The second-order valence-corrected chi connectivity index (χ2v) is 5.12. The normalized spacial score (nSPS) is 34.4. The minimum Gasteiger partial charge on any atom is -0.315 e. The highest BCUT2D eigenvalue weighted by Gasteiger charge is 2.43. The van der Waals surface area contributed by atoms with E-state index in [0.29, 0.717) is 11.5 Å². The first-order valence-electron chi connectivity index (χ1n) is 6.41. The molecule has 2 heterocycles. The molecule has 2 atom stereocenters. The molecule has 0 saturated carbocycles. The van der Waals surface area contributed by atoms with Crippen LogP contribution in [0.1, 0.15) is 30.7 Å². The maximum absolute atomic E-state index is 3.76. The Morgan fingerprint density at radius 2 is 2.00 bits per heavy atom. The van der Waals surface area contributed by atoms with Crippen molar-refractivity contribution in [2.75, 3.05) is 19.6 Å². The fourth-order valence-corrected chi connectivity index (χ4v) is 3.41. The molecule has 0 aromatic heterocycles.